The Hall–Kier alpha value is -4.41. The lowest BCUT2D eigenvalue weighted by atomic mass is 10.2. The summed E-state index contributed by atoms with van der Waals surface area (Å²) in [6.07, 6.45) is 6.66. The molecule has 33 heavy (non-hydrogen) atoms. The quantitative estimate of drug-likeness (QED) is 0.323. The van der Waals surface area contributed by atoms with Crippen molar-refractivity contribution >= 4 is 23.1 Å². The molecular formula is C22H22N8O3. The highest BCUT2D eigenvalue weighted by Gasteiger charge is 2.26. The molecule has 4 heterocycles. The molecule has 11 heteroatoms. The van der Waals surface area contributed by atoms with E-state index < -0.39 is 0 Å². The standard InChI is InChI=1S/C22H22N8O3/c23-19(28-14-4-3-10-30(22(14)32)16-5-1-2-8-24-16)18-17(25-9-11-33-18)20-26-12-15(29-20)21(31)27-13-6-7-13/h1-5,8,10,12-13,25H,6-7,9,11H2,(H2,23,28)(H,26,29)(H,27,31). The largest absolute Gasteiger partial charge is 0.486 e. The minimum absolute atomic E-state index is 0.00783. The van der Waals surface area contributed by atoms with Gasteiger partial charge in [0.2, 0.25) is 0 Å². The van der Waals surface area contributed by atoms with Gasteiger partial charge in [-0.2, -0.15) is 0 Å². The molecule has 1 saturated carbocycles. The fraction of sp³-hybridized carbons (Fsp3) is 0.227. The highest BCUT2D eigenvalue weighted by molar-refractivity contribution is 6.03. The van der Waals surface area contributed by atoms with E-state index in [0.717, 1.165) is 12.8 Å². The van der Waals surface area contributed by atoms with Crippen molar-refractivity contribution in [2.24, 2.45) is 10.7 Å². The maximum atomic E-state index is 12.9. The second-order valence-electron chi connectivity index (χ2n) is 7.63. The number of hydrogen-bond donors (Lipinski definition) is 4. The average Bonchev–Trinajstić information content (AvgIpc) is 3.52. The van der Waals surface area contributed by atoms with Crippen LogP contribution in [0.5, 0.6) is 0 Å². The first kappa shape index (κ1) is 20.5. The fourth-order valence-electron chi connectivity index (χ4n) is 3.35. The molecule has 0 aromatic carbocycles. The number of amidine groups is 1. The van der Waals surface area contributed by atoms with E-state index in [9.17, 15) is 9.59 Å². The number of aromatic nitrogens is 4. The molecule has 5 N–H and O–H groups in total. The maximum Gasteiger partial charge on any atom is 0.282 e. The van der Waals surface area contributed by atoms with Crippen LogP contribution >= 0.6 is 0 Å². The van der Waals surface area contributed by atoms with E-state index in [0.29, 0.717) is 36.2 Å². The third-order valence-corrected chi connectivity index (χ3v) is 5.14. The summed E-state index contributed by atoms with van der Waals surface area (Å²) in [6, 6.07) is 8.78. The second-order valence-corrected chi connectivity index (χ2v) is 7.63. The number of nitrogens with zero attached hydrogens (tertiary/aromatic N) is 4. The molecular weight excluding hydrogens is 424 g/mol. The smallest absolute Gasteiger partial charge is 0.282 e. The first-order chi connectivity index (χ1) is 16.1. The van der Waals surface area contributed by atoms with Gasteiger partial charge in [-0.25, -0.2) is 15.0 Å². The molecule has 2 aliphatic rings. The van der Waals surface area contributed by atoms with E-state index in [-0.39, 0.29) is 34.8 Å². The van der Waals surface area contributed by atoms with Crippen molar-refractivity contribution in [1.29, 1.82) is 0 Å². The van der Waals surface area contributed by atoms with E-state index in [1.54, 1.807) is 42.7 Å². The van der Waals surface area contributed by atoms with Crippen LogP contribution in [0, 0.1) is 0 Å². The number of aromatic amines is 1. The minimum atomic E-state index is -0.373. The minimum Gasteiger partial charge on any atom is -0.486 e. The number of nitrogens with two attached hydrogens (primary N) is 1. The number of H-pyrrole nitrogens is 1. The van der Waals surface area contributed by atoms with Gasteiger partial charge in [0.15, 0.2) is 17.4 Å². The van der Waals surface area contributed by atoms with Gasteiger partial charge in [-0.05, 0) is 37.1 Å². The number of ether oxygens (including phenoxy) is 1. The number of pyridine rings is 2. The second kappa shape index (κ2) is 8.61. The van der Waals surface area contributed by atoms with Gasteiger partial charge in [0.25, 0.3) is 11.5 Å². The van der Waals surface area contributed by atoms with Gasteiger partial charge >= 0.3 is 0 Å². The molecule has 11 nitrogen and oxygen atoms in total. The molecule has 1 amide bonds. The van der Waals surface area contributed by atoms with Crippen LogP contribution in [0.25, 0.3) is 11.5 Å². The summed E-state index contributed by atoms with van der Waals surface area (Å²) < 4.78 is 7.15. The molecule has 0 radical (unpaired) electrons. The van der Waals surface area contributed by atoms with Crippen LogP contribution in [0.2, 0.25) is 0 Å². The molecule has 1 aliphatic carbocycles. The zero-order valence-electron chi connectivity index (χ0n) is 17.6. The summed E-state index contributed by atoms with van der Waals surface area (Å²) in [7, 11) is 0. The summed E-state index contributed by atoms with van der Waals surface area (Å²) >= 11 is 0. The molecule has 3 aromatic rings. The molecule has 1 fully saturated rings. The molecule has 0 bridgehead atoms. The maximum absolute atomic E-state index is 12.9. The third-order valence-electron chi connectivity index (χ3n) is 5.14. The van der Waals surface area contributed by atoms with Gasteiger partial charge in [0.1, 0.15) is 29.5 Å². The predicted octanol–water partition coefficient (Wildman–Crippen LogP) is 0.825. The van der Waals surface area contributed by atoms with E-state index in [2.05, 4.69) is 30.6 Å². The van der Waals surface area contributed by atoms with Gasteiger partial charge in [0, 0.05) is 25.0 Å². The number of rotatable bonds is 6. The lowest BCUT2D eigenvalue weighted by Crippen LogP contribution is -2.32. The Kier molecular flexibility index (Phi) is 5.35. The first-order valence-corrected chi connectivity index (χ1v) is 10.5. The molecule has 5 rings (SSSR count). The normalized spacial score (nSPS) is 16.2. The van der Waals surface area contributed by atoms with Crippen molar-refractivity contribution in [3.63, 3.8) is 0 Å². The Balaban J connectivity index is 1.48. The van der Waals surface area contributed by atoms with E-state index in [1.807, 2.05) is 0 Å². The van der Waals surface area contributed by atoms with Gasteiger partial charge in [0.05, 0.1) is 6.20 Å². The lowest BCUT2D eigenvalue weighted by molar-refractivity contribution is 0.0946. The fourth-order valence-corrected chi connectivity index (χ4v) is 3.35. The molecule has 0 atom stereocenters. The van der Waals surface area contributed by atoms with Crippen LogP contribution in [0.3, 0.4) is 0 Å². The molecule has 0 unspecified atom stereocenters. The van der Waals surface area contributed by atoms with Crippen LogP contribution in [0.1, 0.15) is 29.2 Å². The number of aliphatic imine (C=N–C) groups is 1. The van der Waals surface area contributed by atoms with Crippen LogP contribution in [-0.2, 0) is 4.74 Å². The van der Waals surface area contributed by atoms with Gasteiger partial charge in [-0.1, -0.05) is 6.07 Å². The van der Waals surface area contributed by atoms with Gasteiger partial charge < -0.3 is 26.1 Å². The van der Waals surface area contributed by atoms with Crippen LogP contribution in [0.15, 0.2) is 64.5 Å². The highest BCUT2D eigenvalue weighted by Crippen LogP contribution is 2.21. The van der Waals surface area contributed by atoms with E-state index in [4.69, 9.17) is 10.5 Å². The Morgan fingerprint density at radius 1 is 1.24 bits per heavy atom. The number of nitrogens with one attached hydrogen (secondary N) is 3. The van der Waals surface area contributed by atoms with Crippen molar-refractivity contribution in [3.05, 3.63) is 76.6 Å². The summed E-state index contributed by atoms with van der Waals surface area (Å²) in [6.45, 7) is 0.881. The van der Waals surface area contributed by atoms with Crippen molar-refractivity contribution in [3.8, 4) is 5.82 Å². The van der Waals surface area contributed by atoms with Gasteiger partial charge in [-0.3, -0.25) is 14.2 Å². The van der Waals surface area contributed by atoms with Crippen molar-refractivity contribution in [2.45, 2.75) is 18.9 Å². The molecule has 168 valence electrons. The Labute approximate surface area is 188 Å². The van der Waals surface area contributed by atoms with Crippen LogP contribution in [-0.4, -0.2) is 50.5 Å². The van der Waals surface area contributed by atoms with Crippen molar-refractivity contribution in [2.75, 3.05) is 13.2 Å². The first-order valence-electron chi connectivity index (χ1n) is 10.5. The topological polar surface area (TPSA) is 152 Å². The zero-order chi connectivity index (χ0) is 22.8. The van der Waals surface area contributed by atoms with Crippen molar-refractivity contribution < 1.29 is 9.53 Å². The van der Waals surface area contributed by atoms with Gasteiger partial charge in [-0.15, -0.1) is 0 Å². The Morgan fingerprint density at radius 2 is 2.12 bits per heavy atom. The van der Waals surface area contributed by atoms with Crippen molar-refractivity contribution in [1.82, 2.24) is 30.2 Å². The number of carbonyl (C=O) groups excluding carboxylic acids is 1. The summed E-state index contributed by atoms with van der Waals surface area (Å²) in [4.78, 5) is 41.1. The Bertz CT molecular complexity index is 1300. The van der Waals surface area contributed by atoms with E-state index in [1.165, 1.54) is 10.8 Å². The number of carbonyl (C=O) groups is 1. The number of amides is 1. The lowest BCUT2D eigenvalue weighted by Gasteiger charge is -2.21. The summed E-state index contributed by atoms with van der Waals surface area (Å²) in [5, 5.41) is 6.09. The van der Waals surface area contributed by atoms with E-state index >= 15 is 0 Å². The number of hydrogen-bond acceptors (Lipinski definition) is 7. The van der Waals surface area contributed by atoms with Crippen LogP contribution in [0.4, 0.5) is 5.69 Å². The SMILES string of the molecule is NC(=Nc1cccn(-c2ccccn2)c1=O)C1=C(c2ncc(C(=O)NC3CC3)[nH]2)NCCO1. The Morgan fingerprint density at radius 3 is 2.91 bits per heavy atom. The summed E-state index contributed by atoms with van der Waals surface area (Å²) in [5.41, 5.74) is 6.81. The molecule has 0 spiro atoms. The zero-order valence-corrected chi connectivity index (χ0v) is 17.6. The van der Waals surface area contributed by atoms with Crippen LogP contribution < -0.4 is 21.9 Å². The highest BCUT2D eigenvalue weighted by atomic mass is 16.5. The predicted molar refractivity (Wildman–Crippen MR) is 121 cm³/mol. The third kappa shape index (κ3) is 4.33. The monoisotopic (exact) mass is 446 g/mol. The molecule has 0 saturated heterocycles. The summed E-state index contributed by atoms with van der Waals surface area (Å²) in [5.74, 6) is 0.908. The molecule has 1 aliphatic heterocycles. The average molecular weight is 446 g/mol. The number of imidazole rings is 1. The molecule has 3 aromatic heterocycles.